The summed E-state index contributed by atoms with van der Waals surface area (Å²) in [6.07, 6.45) is 34.0. The predicted molar refractivity (Wildman–Crippen MR) is 143 cm³/mol. The summed E-state index contributed by atoms with van der Waals surface area (Å²) < 4.78 is 4.72. The molecule has 0 aromatic heterocycles. The van der Waals surface area contributed by atoms with Gasteiger partial charge in [0.15, 0.2) is 6.29 Å². The van der Waals surface area contributed by atoms with E-state index in [4.69, 9.17) is 9.84 Å². The van der Waals surface area contributed by atoms with E-state index >= 15 is 0 Å². The quantitative estimate of drug-likeness (QED) is 0.0740. The van der Waals surface area contributed by atoms with E-state index in [0.29, 0.717) is 6.42 Å². The van der Waals surface area contributed by atoms with Crippen LogP contribution in [0.15, 0.2) is 0 Å². The number of unbranched alkanes of at least 4 members (excludes halogenated alkanes) is 24. The monoisotopic (exact) mass is 468 g/mol. The van der Waals surface area contributed by atoms with Gasteiger partial charge in [0.05, 0.1) is 0 Å². The minimum atomic E-state index is -0.975. The Kier molecular flexibility index (Phi) is 27.2. The standard InChI is InChI=1S/C30H60O3/c1-3-4-5-6-7-8-9-10-11-12-13-14-15-16-17-18-19-20-21-22-23-24-25-26-27-28-30(32)33-29(2)31/h29,31H,3-28H2,1-2H3. The summed E-state index contributed by atoms with van der Waals surface area (Å²) in [7, 11) is 0. The van der Waals surface area contributed by atoms with Crippen LogP contribution < -0.4 is 0 Å². The fraction of sp³-hybridized carbons (Fsp3) is 0.967. The van der Waals surface area contributed by atoms with Crippen LogP contribution >= 0.6 is 0 Å². The minimum absolute atomic E-state index is 0.279. The van der Waals surface area contributed by atoms with Gasteiger partial charge in [0.1, 0.15) is 0 Å². The highest BCUT2D eigenvalue weighted by Crippen LogP contribution is 2.16. The molecule has 0 rings (SSSR count). The Morgan fingerprint density at radius 1 is 0.515 bits per heavy atom. The van der Waals surface area contributed by atoms with Crippen LogP contribution in [0.4, 0.5) is 0 Å². The summed E-state index contributed by atoms with van der Waals surface area (Å²) in [5, 5.41) is 8.97. The van der Waals surface area contributed by atoms with E-state index in [1.807, 2.05) is 0 Å². The fourth-order valence-electron chi connectivity index (χ4n) is 4.66. The lowest BCUT2D eigenvalue weighted by Crippen LogP contribution is -2.13. The van der Waals surface area contributed by atoms with Crippen LogP contribution in [0.25, 0.3) is 0 Å². The number of hydrogen-bond acceptors (Lipinski definition) is 3. The molecule has 198 valence electrons. The largest absolute Gasteiger partial charge is 0.436 e. The molecule has 0 aliphatic rings. The second-order valence-electron chi connectivity index (χ2n) is 10.3. The first kappa shape index (κ1) is 32.4. The van der Waals surface area contributed by atoms with Gasteiger partial charge in [-0.15, -0.1) is 0 Å². The minimum Gasteiger partial charge on any atom is -0.436 e. The smallest absolute Gasteiger partial charge is 0.308 e. The van der Waals surface area contributed by atoms with E-state index in [1.165, 1.54) is 155 Å². The van der Waals surface area contributed by atoms with Gasteiger partial charge in [0, 0.05) is 6.42 Å². The number of aliphatic hydroxyl groups is 1. The highest BCUT2D eigenvalue weighted by atomic mass is 16.6. The molecule has 33 heavy (non-hydrogen) atoms. The van der Waals surface area contributed by atoms with Crippen LogP contribution in [-0.2, 0) is 9.53 Å². The van der Waals surface area contributed by atoms with Crippen molar-refractivity contribution in [3.05, 3.63) is 0 Å². The molecule has 0 aromatic carbocycles. The SMILES string of the molecule is CCCCCCCCCCCCCCCCCCCCCCCCCCCC(=O)OC(C)O. The lowest BCUT2D eigenvalue weighted by molar-refractivity contribution is -0.164. The first-order valence-electron chi connectivity index (χ1n) is 15.0. The fourth-order valence-corrected chi connectivity index (χ4v) is 4.66. The summed E-state index contributed by atoms with van der Waals surface area (Å²) >= 11 is 0. The van der Waals surface area contributed by atoms with Gasteiger partial charge in [0.2, 0.25) is 0 Å². The Hall–Kier alpha value is -0.570. The van der Waals surface area contributed by atoms with E-state index in [1.54, 1.807) is 0 Å². The van der Waals surface area contributed by atoms with Gasteiger partial charge in [0.25, 0.3) is 0 Å². The molecule has 0 spiro atoms. The second kappa shape index (κ2) is 27.7. The van der Waals surface area contributed by atoms with Crippen molar-refractivity contribution in [2.75, 3.05) is 0 Å². The van der Waals surface area contributed by atoms with E-state index < -0.39 is 6.29 Å². The van der Waals surface area contributed by atoms with Crippen LogP contribution in [0.2, 0.25) is 0 Å². The lowest BCUT2D eigenvalue weighted by Gasteiger charge is -2.06. The van der Waals surface area contributed by atoms with Crippen molar-refractivity contribution in [2.45, 2.75) is 187 Å². The normalized spacial score (nSPS) is 12.2. The summed E-state index contributed by atoms with van der Waals surface area (Å²) in [6.45, 7) is 3.76. The maximum Gasteiger partial charge on any atom is 0.308 e. The number of aliphatic hydroxyl groups excluding tert-OH is 1. The Bertz CT molecular complexity index is 381. The number of carbonyl (C=O) groups excluding carboxylic acids is 1. The molecule has 0 radical (unpaired) electrons. The second-order valence-corrected chi connectivity index (χ2v) is 10.3. The van der Waals surface area contributed by atoms with Crippen molar-refractivity contribution < 1.29 is 14.6 Å². The van der Waals surface area contributed by atoms with Gasteiger partial charge in [-0.3, -0.25) is 4.79 Å². The zero-order valence-electron chi connectivity index (χ0n) is 22.7. The zero-order valence-corrected chi connectivity index (χ0v) is 22.7. The third-order valence-electron chi connectivity index (χ3n) is 6.79. The van der Waals surface area contributed by atoms with Crippen LogP contribution in [-0.4, -0.2) is 17.4 Å². The van der Waals surface area contributed by atoms with E-state index in [2.05, 4.69) is 6.92 Å². The average molecular weight is 469 g/mol. The highest BCUT2D eigenvalue weighted by molar-refractivity contribution is 5.69. The third-order valence-corrected chi connectivity index (χ3v) is 6.79. The topological polar surface area (TPSA) is 46.5 Å². The maximum atomic E-state index is 11.3. The Morgan fingerprint density at radius 2 is 0.758 bits per heavy atom. The summed E-state index contributed by atoms with van der Waals surface area (Å²) in [5.41, 5.74) is 0. The first-order valence-corrected chi connectivity index (χ1v) is 15.0. The molecule has 1 atom stereocenters. The van der Waals surface area contributed by atoms with Gasteiger partial charge in [-0.2, -0.15) is 0 Å². The summed E-state index contributed by atoms with van der Waals surface area (Å²) in [6, 6.07) is 0. The number of hydrogen-bond donors (Lipinski definition) is 1. The molecule has 1 unspecified atom stereocenters. The van der Waals surface area contributed by atoms with Gasteiger partial charge in [-0.05, 0) is 13.3 Å². The molecule has 0 amide bonds. The van der Waals surface area contributed by atoms with E-state index in [-0.39, 0.29) is 5.97 Å². The predicted octanol–water partition coefficient (Wildman–Crippen LogP) is 10.0. The van der Waals surface area contributed by atoms with Crippen molar-refractivity contribution in [1.29, 1.82) is 0 Å². The Morgan fingerprint density at radius 3 is 1.00 bits per heavy atom. The molecule has 0 aromatic rings. The molecule has 0 aliphatic heterocycles. The third kappa shape index (κ3) is 29.4. The molecule has 3 nitrogen and oxygen atoms in total. The Balaban J connectivity index is 3.06. The van der Waals surface area contributed by atoms with E-state index in [9.17, 15) is 4.79 Å². The molecule has 0 saturated carbocycles. The van der Waals surface area contributed by atoms with Crippen molar-refractivity contribution in [3.8, 4) is 0 Å². The van der Waals surface area contributed by atoms with Crippen molar-refractivity contribution >= 4 is 5.97 Å². The molecule has 0 fully saturated rings. The molecule has 0 bridgehead atoms. The molecule has 0 heterocycles. The number of rotatable bonds is 27. The highest BCUT2D eigenvalue weighted by Gasteiger charge is 2.05. The zero-order chi connectivity index (χ0) is 24.2. The average Bonchev–Trinajstić information content (AvgIpc) is 2.78. The van der Waals surface area contributed by atoms with E-state index in [0.717, 1.165) is 12.8 Å². The van der Waals surface area contributed by atoms with Crippen LogP contribution in [0.3, 0.4) is 0 Å². The van der Waals surface area contributed by atoms with Crippen molar-refractivity contribution in [3.63, 3.8) is 0 Å². The van der Waals surface area contributed by atoms with Gasteiger partial charge >= 0.3 is 5.97 Å². The Labute approximate surface area is 207 Å². The van der Waals surface area contributed by atoms with Crippen LogP contribution in [0.5, 0.6) is 0 Å². The number of esters is 1. The first-order chi connectivity index (χ1) is 16.2. The lowest BCUT2D eigenvalue weighted by atomic mass is 10.0. The molecule has 0 aliphatic carbocycles. The van der Waals surface area contributed by atoms with Gasteiger partial charge in [-0.1, -0.05) is 161 Å². The maximum absolute atomic E-state index is 11.3. The van der Waals surface area contributed by atoms with Crippen LogP contribution in [0.1, 0.15) is 181 Å². The number of ether oxygens (including phenoxy) is 1. The van der Waals surface area contributed by atoms with Crippen LogP contribution in [0, 0.1) is 0 Å². The van der Waals surface area contributed by atoms with Gasteiger partial charge < -0.3 is 9.84 Å². The van der Waals surface area contributed by atoms with Crippen molar-refractivity contribution in [1.82, 2.24) is 0 Å². The molecule has 0 saturated heterocycles. The van der Waals surface area contributed by atoms with Crippen molar-refractivity contribution in [2.24, 2.45) is 0 Å². The molecular weight excluding hydrogens is 408 g/mol. The summed E-state index contributed by atoms with van der Waals surface area (Å²) in [4.78, 5) is 11.3. The number of carbonyl (C=O) groups is 1. The molecule has 1 N–H and O–H groups in total. The summed E-state index contributed by atoms with van der Waals surface area (Å²) in [5.74, 6) is -0.279. The molecular formula is C30H60O3. The molecule has 3 heteroatoms. The van der Waals surface area contributed by atoms with Gasteiger partial charge in [-0.25, -0.2) is 0 Å².